The quantitative estimate of drug-likeness (QED) is 0.426. The first kappa shape index (κ1) is 24.4. The van der Waals surface area contributed by atoms with Crippen molar-refractivity contribution in [3.8, 4) is 0 Å². The third-order valence-corrected chi connectivity index (χ3v) is 5.54. The zero-order chi connectivity index (χ0) is 22.3. The Morgan fingerprint density at radius 2 is 1.56 bits per heavy atom. The van der Waals surface area contributed by atoms with Crippen molar-refractivity contribution in [2.24, 2.45) is 0 Å². The molecule has 2 amide bonds. The number of pyridine rings is 1. The number of rotatable bonds is 7. The van der Waals surface area contributed by atoms with Crippen LogP contribution in [-0.4, -0.2) is 30.3 Å². The number of sulfonamides is 1. The maximum absolute atomic E-state index is 12.4. The van der Waals surface area contributed by atoms with Crippen LogP contribution in [0.25, 0.3) is 6.08 Å². The molecule has 0 saturated heterocycles. The first-order valence-corrected chi connectivity index (χ1v) is 10.6. The molecular weight excluding hydrogens is 432 g/mol. The summed E-state index contributed by atoms with van der Waals surface area (Å²) in [6.45, 7) is -0.290. The molecule has 0 aliphatic heterocycles. The summed E-state index contributed by atoms with van der Waals surface area (Å²) in [6, 6.07) is 17.3. The van der Waals surface area contributed by atoms with Gasteiger partial charge in [0.1, 0.15) is 0 Å². The van der Waals surface area contributed by atoms with E-state index in [1.807, 2.05) is 35.1 Å². The number of aromatic nitrogens is 1. The molecule has 0 unspecified atom stereocenters. The van der Waals surface area contributed by atoms with Gasteiger partial charge in [0.05, 0.1) is 22.8 Å². The molecule has 3 aromatic rings. The lowest BCUT2D eigenvalue weighted by Gasteiger charge is -2.08. The molecule has 0 radical (unpaired) electrons. The molecule has 1 heterocycles. The Labute approximate surface area is 185 Å². The van der Waals surface area contributed by atoms with Crippen LogP contribution in [0.3, 0.4) is 0 Å². The number of aliphatic hydroxyl groups excluding tert-OH is 1. The van der Waals surface area contributed by atoms with Crippen molar-refractivity contribution in [1.29, 1.82) is 0 Å². The number of nitrogens with one attached hydrogen (secondary N) is 2. The molecule has 0 aliphatic rings. The van der Waals surface area contributed by atoms with E-state index in [2.05, 4.69) is 10.3 Å². The predicted octanol–water partition coefficient (Wildman–Crippen LogP) is 2.26. The summed E-state index contributed by atoms with van der Waals surface area (Å²) in [5, 5.41) is 11.6. The van der Waals surface area contributed by atoms with Gasteiger partial charge in [0, 0.05) is 18.0 Å². The van der Waals surface area contributed by atoms with Gasteiger partial charge >= 0.3 is 0 Å². The van der Waals surface area contributed by atoms with Crippen LogP contribution in [0.1, 0.15) is 32.0 Å². The molecule has 166 valence electrons. The number of benzene rings is 2. The van der Waals surface area contributed by atoms with Crippen molar-refractivity contribution in [1.82, 2.24) is 21.2 Å². The lowest BCUT2D eigenvalue weighted by Crippen LogP contribution is -2.30. The van der Waals surface area contributed by atoms with Gasteiger partial charge in [-0.3, -0.25) is 14.6 Å². The molecule has 0 atom stereocenters. The topological polar surface area (TPSA) is 160 Å². The average molecular weight is 455 g/mol. The van der Waals surface area contributed by atoms with Crippen molar-refractivity contribution in [2.45, 2.75) is 11.5 Å². The fourth-order valence-electron chi connectivity index (χ4n) is 2.54. The second kappa shape index (κ2) is 11.0. The molecule has 3 rings (SSSR count). The van der Waals surface area contributed by atoms with Crippen molar-refractivity contribution in [3.05, 3.63) is 102 Å². The number of hydrogen-bond acceptors (Lipinski definition) is 7. The maximum atomic E-state index is 12.4. The van der Waals surface area contributed by atoms with E-state index in [-0.39, 0.29) is 28.8 Å². The van der Waals surface area contributed by atoms with Gasteiger partial charge in [-0.1, -0.05) is 30.3 Å². The lowest BCUT2D eigenvalue weighted by atomic mass is 10.2. The summed E-state index contributed by atoms with van der Waals surface area (Å²) in [6.07, 6.45) is 4.40. The summed E-state index contributed by atoms with van der Waals surface area (Å²) in [7, 11) is -4.14. The van der Waals surface area contributed by atoms with Crippen LogP contribution in [0.5, 0.6) is 0 Å². The van der Waals surface area contributed by atoms with Crippen molar-refractivity contribution in [2.75, 3.05) is 0 Å². The van der Waals surface area contributed by atoms with E-state index in [1.54, 1.807) is 6.08 Å². The Hall–Kier alpha value is -3.86. The molecule has 0 bridgehead atoms. The van der Waals surface area contributed by atoms with E-state index >= 15 is 0 Å². The summed E-state index contributed by atoms with van der Waals surface area (Å²) in [5.41, 5.74) is 1.56. The van der Waals surface area contributed by atoms with Crippen LogP contribution in [-0.2, 0) is 16.6 Å². The van der Waals surface area contributed by atoms with E-state index in [0.717, 1.165) is 5.56 Å². The van der Waals surface area contributed by atoms with E-state index < -0.39 is 21.8 Å². The minimum atomic E-state index is -4.14. The molecule has 32 heavy (non-hydrogen) atoms. The first-order chi connectivity index (χ1) is 14.9. The predicted molar refractivity (Wildman–Crippen MR) is 119 cm³/mol. The number of carbonyl (C=O) groups is 2. The highest BCUT2D eigenvalue weighted by Crippen LogP contribution is 2.12. The molecule has 9 nitrogen and oxygen atoms in total. The van der Waals surface area contributed by atoms with Crippen LogP contribution >= 0.6 is 0 Å². The lowest BCUT2D eigenvalue weighted by molar-refractivity contribution is 0.0965. The largest absolute Gasteiger partial charge is 0.390 e. The first-order valence-electron chi connectivity index (χ1n) is 9.14. The van der Waals surface area contributed by atoms with Gasteiger partial charge in [-0.05, 0) is 48.0 Å². The van der Waals surface area contributed by atoms with Gasteiger partial charge in [-0.2, -0.15) is 0 Å². The Bertz CT molecular complexity index is 1190. The molecular formula is C22H22N4O5S. The van der Waals surface area contributed by atoms with Crippen molar-refractivity contribution >= 4 is 27.9 Å². The highest BCUT2D eigenvalue weighted by Gasteiger charge is 2.19. The summed E-state index contributed by atoms with van der Waals surface area (Å²) in [4.78, 5) is 28.1. The smallest absolute Gasteiger partial charge is 0.266 e. The normalized spacial score (nSPS) is 10.9. The highest BCUT2D eigenvalue weighted by molar-refractivity contribution is 7.90. The fourth-order valence-corrected chi connectivity index (χ4v) is 3.51. The Morgan fingerprint density at radius 1 is 0.906 bits per heavy atom. The zero-order valence-corrected chi connectivity index (χ0v) is 17.7. The van der Waals surface area contributed by atoms with Crippen molar-refractivity contribution < 1.29 is 23.1 Å². The Balaban J connectivity index is 0.00000363. The maximum Gasteiger partial charge on any atom is 0.266 e. The number of nitrogens with zero attached hydrogens (tertiary/aromatic N) is 1. The third kappa shape index (κ3) is 6.32. The van der Waals surface area contributed by atoms with E-state index in [4.69, 9.17) is 5.11 Å². The minimum Gasteiger partial charge on any atom is -0.390 e. The van der Waals surface area contributed by atoms with Gasteiger partial charge in [0.25, 0.3) is 21.8 Å². The van der Waals surface area contributed by atoms with Gasteiger partial charge in [0.15, 0.2) is 0 Å². The van der Waals surface area contributed by atoms with Gasteiger partial charge in [0.2, 0.25) is 0 Å². The number of hydrogen-bond donors (Lipinski definition) is 4. The Morgan fingerprint density at radius 3 is 2.16 bits per heavy atom. The number of aliphatic hydroxyl groups is 1. The molecule has 2 aromatic carbocycles. The highest BCUT2D eigenvalue weighted by atomic mass is 32.2. The standard InChI is InChI=1S/C22H19N3O5S.H3N/c26-15-19-9-6-18(14-24-19)22(28)25-31(29,30)20-10-7-17(8-11-20)21(27)23-13-12-16-4-2-1-3-5-16;/h1-14,26H,15H2,(H,23,27)(H,25,28);1H3. The zero-order valence-electron chi connectivity index (χ0n) is 16.9. The van der Waals surface area contributed by atoms with E-state index in [1.165, 1.54) is 48.8 Å². The van der Waals surface area contributed by atoms with E-state index in [0.29, 0.717) is 5.69 Å². The molecule has 0 aliphatic carbocycles. The average Bonchev–Trinajstić information content (AvgIpc) is 2.79. The summed E-state index contributed by atoms with van der Waals surface area (Å²) < 4.78 is 26.8. The number of carbonyl (C=O) groups excluding carboxylic acids is 2. The second-order valence-corrected chi connectivity index (χ2v) is 8.06. The third-order valence-electron chi connectivity index (χ3n) is 4.19. The molecule has 1 aromatic heterocycles. The van der Waals surface area contributed by atoms with E-state index in [9.17, 15) is 18.0 Å². The van der Waals surface area contributed by atoms with Gasteiger partial charge in [-0.15, -0.1) is 0 Å². The fraction of sp³-hybridized carbons (Fsp3) is 0.0455. The van der Waals surface area contributed by atoms with Gasteiger partial charge in [-0.25, -0.2) is 13.1 Å². The second-order valence-electron chi connectivity index (χ2n) is 6.37. The molecule has 10 heteroatoms. The van der Waals surface area contributed by atoms with Crippen LogP contribution < -0.4 is 16.2 Å². The minimum absolute atomic E-state index is 0. The molecule has 0 spiro atoms. The van der Waals surface area contributed by atoms with Crippen molar-refractivity contribution in [3.63, 3.8) is 0 Å². The van der Waals surface area contributed by atoms with Crippen LogP contribution in [0.2, 0.25) is 0 Å². The summed E-state index contributed by atoms with van der Waals surface area (Å²) >= 11 is 0. The van der Waals surface area contributed by atoms with Crippen LogP contribution in [0.4, 0.5) is 0 Å². The van der Waals surface area contributed by atoms with Gasteiger partial charge < -0.3 is 16.6 Å². The molecule has 6 N–H and O–H groups in total. The summed E-state index contributed by atoms with van der Waals surface area (Å²) in [5.74, 6) is -1.26. The SMILES string of the molecule is N.O=C(NC=Cc1ccccc1)c1ccc(S(=O)(=O)NC(=O)c2ccc(CO)nc2)cc1. The number of amides is 2. The Kier molecular flexibility index (Phi) is 8.36. The van der Waals surface area contributed by atoms with Crippen LogP contribution in [0, 0.1) is 0 Å². The monoisotopic (exact) mass is 454 g/mol. The molecule has 0 fully saturated rings. The van der Waals surface area contributed by atoms with Crippen LogP contribution in [0.15, 0.2) is 84.0 Å². The molecule has 0 saturated carbocycles.